The third-order valence-corrected chi connectivity index (χ3v) is 1.81. The molecule has 11 heavy (non-hydrogen) atoms. The van der Waals surface area contributed by atoms with Crippen LogP contribution >= 0.6 is 11.6 Å². The minimum Gasteiger partial charge on any atom is -0.479 e. The first-order valence-corrected chi connectivity index (χ1v) is 3.62. The van der Waals surface area contributed by atoms with Crippen LogP contribution in [0.15, 0.2) is 12.3 Å². The van der Waals surface area contributed by atoms with Crippen LogP contribution in [0.5, 0.6) is 0 Å². The second-order valence-corrected chi connectivity index (χ2v) is 2.83. The van der Waals surface area contributed by atoms with Crippen molar-refractivity contribution in [3.63, 3.8) is 0 Å². The molecule has 0 saturated carbocycles. The molecule has 0 aromatic heterocycles. The van der Waals surface area contributed by atoms with Gasteiger partial charge in [-0.25, -0.2) is 10.2 Å². The molecule has 1 aliphatic rings. The van der Waals surface area contributed by atoms with Gasteiger partial charge in [-0.2, -0.15) is 0 Å². The first-order chi connectivity index (χ1) is 5.08. The molecule has 4 nitrogen and oxygen atoms in total. The van der Waals surface area contributed by atoms with E-state index < -0.39 is 11.0 Å². The molecule has 62 valence electrons. The predicted octanol–water partition coefficient (Wildman–Crippen LogP) is 0.360. The molecule has 0 spiro atoms. The van der Waals surface area contributed by atoms with E-state index >= 15 is 0 Å². The Morgan fingerprint density at radius 2 is 2.55 bits per heavy atom. The van der Waals surface area contributed by atoms with Crippen molar-refractivity contribution >= 4 is 17.6 Å². The summed E-state index contributed by atoms with van der Waals surface area (Å²) in [6.07, 6.45) is 3.02. The highest BCUT2D eigenvalue weighted by atomic mass is 35.5. The third kappa shape index (κ3) is 1.46. The van der Waals surface area contributed by atoms with E-state index in [2.05, 4.69) is 5.43 Å². The van der Waals surface area contributed by atoms with Crippen LogP contribution in [0.4, 0.5) is 0 Å². The molecular formula is C6H9ClN2O2. The molecule has 0 bridgehead atoms. The average Bonchev–Trinajstić information content (AvgIpc) is 2.33. The van der Waals surface area contributed by atoms with Gasteiger partial charge in [0.25, 0.3) is 0 Å². The molecule has 1 aliphatic heterocycles. The van der Waals surface area contributed by atoms with E-state index in [0.717, 1.165) is 0 Å². The fourth-order valence-corrected chi connectivity index (χ4v) is 0.945. The predicted molar refractivity (Wildman–Crippen MR) is 40.9 cm³/mol. The third-order valence-electron chi connectivity index (χ3n) is 1.44. The van der Waals surface area contributed by atoms with Crippen molar-refractivity contribution in [2.24, 2.45) is 0 Å². The van der Waals surface area contributed by atoms with Crippen molar-refractivity contribution in [3.05, 3.63) is 12.3 Å². The van der Waals surface area contributed by atoms with Gasteiger partial charge in [0.05, 0.1) is 0 Å². The lowest BCUT2D eigenvalue weighted by Gasteiger charge is -2.20. The van der Waals surface area contributed by atoms with Crippen LogP contribution in [0.25, 0.3) is 0 Å². The van der Waals surface area contributed by atoms with Crippen LogP contribution in [0.1, 0.15) is 6.92 Å². The van der Waals surface area contributed by atoms with Gasteiger partial charge < -0.3 is 10.1 Å². The number of aliphatic carboxylic acids is 1. The Labute approximate surface area is 69.4 Å². The topological polar surface area (TPSA) is 52.6 Å². The van der Waals surface area contributed by atoms with Crippen LogP contribution in [0.2, 0.25) is 0 Å². The quantitative estimate of drug-likeness (QED) is 0.471. The average molecular weight is 177 g/mol. The molecule has 1 unspecified atom stereocenters. The van der Waals surface area contributed by atoms with Crippen LogP contribution in [0, 0.1) is 0 Å². The van der Waals surface area contributed by atoms with Crippen LogP contribution in [0.3, 0.4) is 0 Å². The van der Waals surface area contributed by atoms with Gasteiger partial charge in [-0.1, -0.05) is 11.6 Å². The maximum Gasteiger partial charge on any atom is 0.345 e. The molecule has 2 N–H and O–H groups in total. The van der Waals surface area contributed by atoms with Crippen molar-refractivity contribution in [1.82, 2.24) is 10.4 Å². The number of halogens is 1. The molecule has 0 aliphatic carbocycles. The Kier molecular flexibility index (Phi) is 2.06. The Bertz CT molecular complexity index is 207. The summed E-state index contributed by atoms with van der Waals surface area (Å²) < 4.78 is 0. The van der Waals surface area contributed by atoms with Crippen LogP contribution in [-0.2, 0) is 4.79 Å². The van der Waals surface area contributed by atoms with Gasteiger partial charge >= 0.3 is 5.97 Å². The number of rotatable bonds is 2. The van der Waals surface area contributed by atoms with Gasteiger partial charge in [0.1, 0.15) is 0 Å². The molecule has 1 heterocycles. The van der Waals surface area contributed by atoms with Gasteiger partial charge in [0, 0.05) is 12.7 Å². The maximum absolute atomic E-state index is 10.5. The summed E-state index contributed by atoms with van der Waals surface area (Å²) in [5.74, 6) is -1.09. The zero-order valence-electron chi connectivity index (χ0n) is 6.04. The molecule has 0 aromatic carbocycles. The summed E-state index contributed by atoms with van der Waals surface area (Å²) in [6.45, 7) is 2.57. The zero-order valence-corrected chi connectivity index (χ0v) is 6.80. The van der Waals surface area contributed by atoms with Gasteiger partial charge in [0.15, 0.2) is 0 Å². The first kappa shape index (κ1) is 8.36. The van der Waals surface area contributed by atoms with Gasteiger partial charge in [-0.3, -0.25) is 0 Å². The number of carboxylic acid groups (broad SMARTS) is 1. The van der Waals surface area contributed by atoms with E-state index in [-0.39, 0.29) is 0 Å². The van der Waals surface area contributed by atoms with E-state index in [1.807, 2.05) is 6.92 Å². The molecule has 1 rings (SSSR count). The molecule has 0 aromatic rings. The SMILES string of the molecule is CCN1C=CC(Cl)(C(=O)O)N1. The molecule has 1 atom stereocenters. The van der Waals surface area contributed by atoms with E-state index in [4.69, 9.17) is 16.7 Å². The summed E-state index contributed by atoms with van der Waals surface area (Å²) in [5.41, 5.74) is 2.60. The number of nitrogens with zero attached hydrogens (tertiary/aromatic N) is 1. The minimum atomic E-state index is -1.45. The van der Waals surface area contributed by atoms with E-state index in [1.165, 1.54) is 6.08 Å². The highest BCUT2D eigenvalue weighted by Crippen LogP contribution is 2.19. The second kappa shape index (κ2) is 2.71. The molecular weight excluding hydrogens is 168 g/mol. The number of carbonyl (C=O) groups is 1. The summed E-state index contributed by atoms with van der Waals surface area (Å²) in [7, 11) is 0. The monoisotopic (exact) mass is 176 g/mol. The minimum absolute atomic E-state index is 0.679. The van der Waals surface area contributed by atoms with Crippen molar-refractivity contribution < 1.29 is 9.90 Å². The number of alkyl halides is 1. The molecule has 5 heteroatoms. The molecule has 0 saturated heterocycles. The van der Waals surface area contributed by atoms with Crippen molar-refractivity contribution in [2.45, 2.75) is 11.9 Å². The van der Waals surface area contributed by atoms with E-state index in [1.54, 1.807) is 11.2 Å². The first-order valence-electron chi connectivity index (χ1n) is 3.24. The lowest BCUT2D eigenvalue weighted by molar-refractivity contribution is -0.140. The maximum atomic E-state index is 10.5. The van der Waals surface area contributed by atoms with E-state index in [9.17, 15) is 4.79 Å². The van der Waals surface area contributed by atoms with Crippen molar-refractivity contribution in [2.75, 3.05) is 6.54 Å². The lowest BCUT2D eigenvalue weighted by Crippen LogP contribution is -2.47. The molecule has 0 radical (unpaired) electrons. The lowest BCUT2D eigenvalue weighted by atomic mass is 10.3. The number of hydrazine groups is 1. The summed E-state index contributed by atoms with van der Waals surface area (Å²) in [5, 5.41) is 10.2. The second-order valence-electron chi connectivity index (χ2n) is 2.23. The summed E-state index contributed by atoms with van der Waals surface area (Å²) in [4.78, 5) is 9.06. The van der Waals surface area contributed by atoms with Gasteiger partial charge in [0.2, 0.25) is 5.00 Å². The highest BCUT2D eigenvalue weighted by molar-refractivity contribution is 6.35. The standard InChI is InChI=1S/C6H9ClN2O2/c1-2-9-4-3-6(7,8-9)5(10)11/h3-4,8H,2H2,1H3,(H,10,11). The van der Waals surface area contributed by atoms with Crippen molar-refractivity contribution in [1.29, 1.82) is 0 Å². The number of nitrogens with one attached hydrogen (secondary N) is 1. The number of hydrogen-bond acceptors (Lipinski definition) is 3. The fourth-order valence-electron chi connectivity index (χ4n) is 0.780. The number of hydrogen-bond donors (Lipinski definition) is 2. The Hall–Kier alpha value is -0.740. The summed E-state index contributed by atoms with van der Waals surface area (Å²) >= 11 is 5.64. The van der Waals surface area contributed by atoms with Crippen LogP contribution in [-0.4, -0.2) is 27.6 Å². The Balaban J connectivity index is 2.67. The molecule has 0 fully saturated rings. The zero-order chi connectivity index (χ0) is 8.48. The van der Waals surface area contributed by atoms with Crippen molar-refractivity contribution in [3.8, 4) is 0 Å². The van der Waals surface area contributed by atoms with Crippen LogP contribution < -0.4 is 5.43 Å². The normalized spacial score (nSPS) is 29.5. The largest absolute Gasteiger partial charge is 0.479 e. The molecule has 0 amide bonds. The van der Waals surface area contributed by atoms with E-state index in [0.29, 0.717) is 6.54 Å². The smallest absolute Gasteiger partial charge is 0.345 e. The fraction of sp³-hybridized carbons (Fsp3) is 0.500. The highest BCUT2D eigenvalue weighted by Gasteiger charge is 2.38. The Morgan fingerprint density at radius 1 is 1.91 bits per heavy atom. The van der Waals surface area contributed by atoms with Gasteiger partial charge in [-0.05, 0) is 13.0 Å². The Morgan fingerprint density at radius 3 is 2.82 bits per heavy atom. The number of carboxylic acids is 1. The summed E-state index contributed by atoms with van der Waals surface area (Å²) in [6, 6.07) is 0. The van der Waals surface area contributed by atoms with Gasteiger partial charge in [-0.15, -0.1) is 0 Å².